The molecule has 1 fully saturated rings. The van der Waals surface area contributed by atoms with E-state index in [1.54, 1.807) is 29.2 Å². The maximum atomic E-state index is 12.3. The Morgan fingerprint density at radius 3 is 2.58 bits per heavy atom. The summed E-state index contributed by atoms with van der Waals surface area (Å²) in [6.07, 6.45) is 5.06. The first-order valence-electron chi connectivity index (χ1n) is 8.04. The second-order valence-electron chi connectivity index (χ2n) is 5.58. The lowest BCUT2D eigenvalue weighted by molar-refractivity contribution is -0.117. The topological polar surface area (TPSA) is 46.6 Å². The first-order chi connectivity index (χ1) is 11.8. The van der Waals surface area contributed by atoms with Gasteiger partial charge in [0.2, 0.25) is 5.91 Å². The minimum atomic E-state index is -0.414. The van der Waals surface area contributed by atoms with Crippen LogP contribution in [-0.2, 0) is 9.53 Å². The minimum Gasteiger partial charge on any atom is -0.458 e. The van der Waals surface area contributed by atoms with Crippen molar-refractivity contribution in [3.63, 3.8) is 0 Å². The molecule has 0 radical (unpaired) electrons. The smallest absolute Gasteiger partial charge is 0.340 e. The van der Waals surface area contributed by atoms with E-state index in [0.717, 1.165) is 12.0 Å². The van der Waals surface area contributed by atoms with Crippen molar-refractivity contribution in [1.82, 2.24) is 0 Å². The van der Waals surface area contributed by atoms with Gasteiger partial charge in [-0.3, -0.25) is 4.79 Å². The number of ether oxygens (including phenoxy) is 1. The van der Waals surface area contributed by atoms with Crippen LogP contribution in [0.1, 0.15) is 28.8 Å². The van der Waals surface area contributed by atoms with Crippen molar-refractivity contribution < 1.29 is 14.3 Å². The molecule has 0 bridgehead atoms. The Labute approximate surface area is 141 Å². The molecular weight excluding hydrogens is 302 g/mol. The lowest BCUT2D eigenvalue weighted by atomic mass is 10.1. The zero-order valence-corrected chi connectivity index (χ0v) is 13.4. The number of benzene rings is 2. The molecule has 1 saturated heterocycles. The van der Waals surface area contributed by atoms with Crippen molar-refractivity contribution in [1.29, 1.82) is 0 Å². The van der Waals surface area contributed by atoms with Crippen LogP contribution in [0.2, 0.25) is 0 Å². The number of esters is 1. The molecule has 0 aliphatic carbocycles. The molecule has 4 heteroatoms. The fourth-order valence-electron chi connectivity index (χ4n) is 2.73. The van der Waals surface area contributed by atoms with Gasteiger partial charge in [-0.1, -0.05) is 48.5 Å². The van der Waals surface area contributed by atoms with Crippen molar-refractivity contribution in [2.75, 3.05) is 18.1 Å². The third-order valence-electron chi connectivity index (χ3n) is 3.91. The number of amides is 1. The predicted molar refractivity (Wildman–Crippen MR) is 93.8 cm³/mol. The van der Waals surface area contributed by atoms with E-state index in [4.69, 9.17) is 4.74 Å². The number of anilines is 1. The van der Waals surface area contributed by atoms with Crippen LogP contribution < -0.4 is 4.90 Å². The Morgan fingerprint density at radius 1 is 1.08 bits per heavy atom. The monoisotopic (exact) mass is 321 g/mol. The number of hydrogen-bond donors (Lipinski definition) is 0. The molecule has 2 aromatic rings. The van der Waals surface area contributed by atoms with Crippen molar-refractivity contribution in [2.45, 2.75) is 12.8 Å². The highest BCUT2D eigenvalue weighted by atomic mass is 16.5. The van der Waals surface area contributed by atoms with Gasteiger partial charge in [-0.15, -0.1) is 0 Å². The Kier molecular flexibility index (Phi) is 5.06. The highest BCUT2D eigenvalue weighted by Crippen LogP contribution is 2.25. The standard InChI is InChI=1S/C20H19NO3/c22-19-13-6-14-21(19)18-12-5-4-11-17(18)20(23)24-15-7-10-16-8-2-1-3-9-16/h1-5,7-12H,6,13-15H2/b10-7+. The SMILES string of the molecule is O=C(OC/C=C/c1ccccc1)c1ccccc1N1CCCC1=O. The van der Waals surface area contributed by atoms with Gasteiger partial charge in [0.25, 0.3) is 0 Å². The molecular formula is C20H19NO3. The predicted octanol–water partition coefficient (Wildman–Crippen LogP) is 3.68. The zero-order valence-electron chi connectivity index (χ0n) is 13.4. The molecule has 24 heavy (non-hydrogen) atoms. The van der Waals surface area contributed by atoms with E-state index < -0.39 is 5.97 Å². The van der Waals surface area contributed by atoms with Gasteiger partial charge in [0.05, 0.1) is 11.3 Å². The summed E-state index contributed by atoms with van der Waals surface area (Å²) in [4.78, 5) is 25.9. The molecule has 0 atom stereocenters. The molecule has 0 aromatic heterocycles. The number of nitrogens with zero attached hydrogens (tertiary/aromatic N) is 1. The summed E-state index contributed by atoms with van der Waals surface area (Å²) >= 11 is 0. The summed E-state index contributed by atoms with van der Waals surface area (Å²) in [5.74, 6) is -0.359. The fourth-order valence-corrected chi connectivity index (χ4v) is 2.73. The van der Waals surface area contributed by atoms with Crippen LogP contribution in [0.25, 0.3) is 6.08 Å². The number of carbonyl (C=O) groups is 2. The van der Waals surface area contributed by atoms with E-state index in [1.807, 2.05) is 42.5 Å². The molecule has 122 valence electrons. The summed E-state index contributed by atoms with van der Waals surface area (Å²) in [6, 6.07) is 16.9. The van der Waals surface area contributed by atoms with Crippen LogP contribution in [0.3, 0.4) is 0 Å². The van der Waals surface area contributed by atoms with E-state index in [9.17, 15) is 9.59 Å². The molecule has 1 aliphatic heterocycles. The highest BCUT2D eigenvalue weighted by molar-refractivity contribution is 6.03. The fraction of sp³-hybridized carbons (Fsp3) is 0.200. The Hall–Kier alpha value is -2.88. The molecule has 3 rings (SSSR count). The highest BCUT2D eigenvalue weighted by Gasteiger charge is 2.25. The quantitative estimate of drug-likeness (QED) is 0.789. The van der Waals surface area contributed by atoms with Gasteiger partial charge in [0, 0.05) is 13.0 Å². The number of para-hydroxylation sites is 1. The molecule has 1 aliphatic rings. The van der Waals surface area contributed by atoms with Crippen molar-refractivity contribution in [2.24, 2.45) is 0 Å². The van der Waals surface area contributed by atoms with E-state index in [2.05, 4.69) is 0 Å². The molecule has 4 nitrogen and oxygen atoms in total. The Balaban J connectivity index is 1.65. The first kappa shape index (κ1) is 16.0. The van der Waals surface area contributed by atoms with Gasteiger partial charge in [0.15, 0.2) is 0 Å². The molecule has 0 N–H and O–H groups in total. The van der Waals surface area contributed by atoms with E-state index >= 15 is 0 Å². The summed E-state index contributed by atoms with van der Waals surface area (Å²) < 4.78 is 5.32. The number of hydrogen-bond acceptors (Lipinski definition) is 3. The van der Waals surface area contributed by atoms with Gasteiger partial charge in [-0.25, -0.2) is 4.79 Å². The molecule has 0 saturated carbocycles. The second kappa shape index (κ2) is 7.59. The van der Waals surface area contributed by atoms with E-state index in [0.29, 0.717) is 24.2 Å². The maximum Gasteiger partial charge on any atom is 0.340 e. The summed E-state index contributed by atoms with van der Waals surface area (Å²) in [5.41, 5.74) is 2.12. The third-order valence-corrected chi connectivity index (χ3v) is 3.91. The maximum absolute atomic E-state index is 12.3. The first-order valence-corrected chi connectivity index (χ1v) is 8.04. The van der Waals surface area contributed by atoms with Crippen LogP contribution in [0.4, 0.5) is 5.69 Å². The van der Waals surface area contributed by atoms with E-state index in [-0.39, 0.29) is 12.5 Å². The van der Waals surface area contributed by atoms with Crippen LogP contribution >= 0.6 is 0 Å². The average Bonchev–Trinajstić information content (AvgIpc) is 3.05. The van der Waals surface area contributed by atoms with Crippen LogP contribution in [-0.4, -0.2) is 25.0 Å². The minimum absolute atomic E-state index is 0.0548. The van der Waals surface area contributed by atoms with Crippen molar-refractivity contribution in [3.8, 4) is 0 Å². The van der Waals surface area contributed by atoms with Crippen LogP contribution in [0.5, 0.6) is 0 Å². The lowest BCUT2D eigenvalue weighted by Crippen LogP contribution is -2.26. The van der Waals surface area contributed by atoms with Crippen molar-refractivity contribution in [3.05, 3.63) is 71.8 Å². The Bertz CT molecular complexity index is 752. The summed E-state index contributed by atoms with van der Waals surface area (Å²) in [5, 5.41) is 0. The molecule has 1 heterocycles. The number of carbonyl (C=O) groups excluding carboxylic acids is 2. The molecule has 0 unspecified atom stereocenters. The molecule has 1 amide bonds. The second-order valence-corrected chi connectivity index (χ2v) is 5.58. The third kappa shape index (κ3) is 3.71. The van der Waals surface area contributed by atoms with Gasteiger partial charge in [-0.05, 0) is 30.2 Å². The van der Waals surface area contributed by atoms with E-state index in [1.165, 1.54) is 0 Å². The van der Waals surface area contributed by atoms with Crippen molar-refractivity contribution >= 4 is 23.6 Å². The van der Waals surface area contributed by atoms with Gasteiger partial charge in [-0.2, -0.15) is 0 Å². The van der Waals surface area contributed by atoms with Crippen LogP contribution in [0, 0.1) is 0 Å². The van der Waals surface area contributed by atoms with Gasteiger partial charge >= 0.3 is 5.97 Å². The molecule has 2 aromatic carbocycles. The largest absolute Gasteiger partial charge is 0.458 e. The zero-order chi connectivity index (χ0) is 16.8. The number of rotatable bonds is 5. The van der Waals surface area contributed by atoms with Gasteiger partial charge < -0.3 is 9.64 Å². The molecule has 0 spiro atoms. The van der Waals surface area contributed by atoms with Gasteiger partial charge in [0.1, 0.15) is 6.61 Å². The summed E-state index contributed by atoms with van der Waals surface area (Å²) in [6.45, 7) is 0.840. The normalized spacial score (nSPS) is 14.3. The Morgan fingerprint density at radius 2 is 1.83 bits per heavy atom. The summed E-state index contributed by atoms with van der Waals surface area (Å²) in [7, 11) is 0. The average molecular weight is 321 g/mol. The van der Waals surface area contributed by atoms with Crippen LogP contribution in [0.15, 0.2) is 60.7 Å². The lowest BCUT2D eigenvalue weighted by Gasteiger charge is -2.18.